The van der Waals surface area contributed by atoms with E-state index in [0.717, 1.165) is 34.6 Å². The highest BCUT2D eigenvalue weighted by atomic mass is 16.5. The second kappa shape index (κ2) is 6.00. The highest BCUT2D eigenvalue weighted by molar-refractivity contribution is 6.08. The number of hydrogen-bond acceptors (Lipinski definition) is 6. The number of pyridine rings is 1. The molecule has 148 valence electrons. The number of carbonyl (C=O) groups is 1. The number of nitrogens with one attached hydrogen (secondary N) is 1. The molecule has 0 spiro atoms. The van der Waals surface area contributed by atoms with Crippen molar-refractivity contribution in [2.45, 2.75) is 25.3 Å². The van der Waals surface area contributed by atoms with Gasteiger partial charge in [-0.2, -0.15) is 0 Å². The zero-order valence-electron chi connectivity index (χ0n) is 16.3. The van der Waals surface area contributed by atoms with Crippen LogP contribution in [0.1, 0.15) is 19.8 Å². The van der Waals surface area contributed by atoms with Gasteiger partial charge in [0.25, 0.3) is 5.91 Å². The van der Waals surface area contributed by atoms with E-state index in [1.165, 1.54) is 12.8 Å². The molecule has 1 atom stereocenters. The maximum Gasteiger partial charge on any atom is 0.255 e. The first-order chi connectivity index (χ1) is 14.1. The number of ether oxygens (including phenoxy) is 1. The Labute approximate surface area is 167 Å². The number of hydrogen-bond donors (Lipinski definition) is 1. The minimum Gasteiger partial charge on any atom is -0.377 e. The lowest BCUT2D eigenvalue weighted by atomic mass is 9.93. The van der Waals surface area contributed by atoms with Gasteiger partial charge in [0.15, 0.2) is 11.6 Å². The van der Waals surface area contributed by atoms with Crippen LogP contribution in [-0.4, -0.2) is 57.7 Å². The first-order valence-corrected chi connectivity index (χ1v) is 10.1. The number of anilines is 2. The molecule has 29 heavy (non-hydrogen) atoms. The summed E-state index contributed by atoms with van der Waals surface area (Å²) in [6.07, 6.45) is 7.81. The van der Waals surface area contributed by atoms with E-state index < -0.39 is 5.54 Å². The Morgan fingerprint density at radius 2 is 2.21 bits per heavy atom. The number of H-pyrrole nitrogens is 1. The molecule has 1 aliphatic carbocycles. The van der Waals surface area contributed by atoms with E-state index in [1.54, 1.807) is 12.4 Å². The standard InChI is InChI=1S/C21H22N6O2/c1-21-12-29-7-6-27(21)19-16(26(20(21)28)11-13-2-3-13)10-24-18(25-19)15-8-14-4-5-22-17(14)23-9-15/h4-5,8-10,13H,2-3,6-7,11-12H2,1H3,(H,22,23)/t21-/m0/s1. The monoisotopic (exact) mass is 390 g/mol. The Hall–Kier alpha value is -3.00. The maximum atomic E-state index is 13.4. The molecule has 1 N–H and O–H groups in total. The van der Waals surface area contributed by atoms with E-state index in [2.05, 4.69) is 19.9 Å². The van der Waals surface area contributed by atoms with Gasteiger partial charge in [0, 0.05) is 36.4 Å². The van der Waals surface area contributed by atoms with Crippen molar-refractivity contribution in [3.63, 3.8) is 0 Å². The van der Waals surface area contributed by atoms with Crippen molar-refractivity contribution in [1.29, 1.82) is 0 Å². The van der Waals surface area contributed by atoms with Crippen LogP contribution < -0.4 is 9.80 Å². The fourth-order valence-corrected chi connectivity index (χ4v) is 4.36. The zero-order chi connectivity index (χ0) is 19.6. The first kappa shape index (κ1) is 16.9. The molecule has 3 aliphatic rings. The lowest BCUT2D eigenvalue weighted by molar-refractivity contribution is -0.127. The zero-order valence-corrected chi connectivity index (χ0v) is 16.3. The molecule has 0 aromatic carbocycles. The SMILES string of the molecule is C[C@@]12COCCN1c1nc(-c3cnc4[nH]ccc4c3)ncc1N(CC1CC1)C2=O. The molecule has 2 fully saturated rings. The molecule has 5 heterocycles. The normalized spacial score (nSPS) is 24.0. The summed E-state index contributed by atoms with van der Waals surface area (Å²) in [6, 6.07) is 4.02. The van der Waals surface area contributed by atoms with Gasteiger partial charge in [0.1, 0.15) is 16.9 Å². The molecule has 6 rings (SSSR count). The van der Waals surface area contributed by atoms with Crippen molar-refractivity contribution in [3.05, 3.63) is 30.7 Å². The summed E-state index contributed by atoms with van der Waals surface area (Å²) in [7, 11) is 0. The molecule has 1 amide bonds. The Balaban J connectivity index is 1.48. The van der Waals surface area contributed by atoms with Gasteiger partial charge in [-0.25, -0.2) is 15.0 Å². The molecule has 3 aromatic rings. The van der Waals surface area contributed by atoms with Crippen molar-refractivity contribution in [2.75, 3.05) is 36.1 Å². The summed E-state index contributed by atoms with van der Waals surface area (Å²) >= 11 is 0. The van der Waals surface area contributed by atoms with Crippen molar-refractivity contribution in [3.8, 4) is 11.4 Å². The van der Waals surface area contributed by atoms with Crippen LogP contribution in [0.4, 0.5) is 11.5 Å². The number of aromatic amines is 1. The Morgan fingerprint density at radius 1 is 1.31 bits per heavy atom. The van der Waals surface area contributed by atoms with Crippen molar-refractivity contribution < 1.29 is 9.53 Å². The Kier molecular flexibility index (Phi) is 3.50. The van der Waals surface area contributed by atoms with Gasteiger partial charge >= 0.3 is 0 Å². The maximum absolute atomic E-state index is 13.4. The molecular formula is C21H22N6O2. The second-order valence-corrected chi connectivity index (χ2v) is 8.38. The highest BCUT2D eigenvalue weighted by Crippen LogP contribution is 2.43. The molecular weight excluding hydrogens is 368 g/mol. The van der Waals surface area contributed by atoms with E-state index in [0.29, 0.717) is 31.5 Å². The van der Waals surface area contributed by atoms with Crippen LogP contribution in [0.2, 0.25) is 0 Å². The van der Waals surface area contributed by atoms with Gasteiger partial charge in [-0.3, -0.25) is 4.79 Å². The lowest BCUT2D eigenvalue weighted by Gasteiger charge is -2.50. The molecule has 3 aromatic heterocycles. The predicted molar refractivity (Wildman–Crippen MR) is 109 cm³/mol. The van der Waals surface area contributed by atoms with Gasteiger partial charge in [0.05, 0.1) is 19.4 Å². The number of rotatable bonds is 3. The number of aromatic nitrogens is 4. The largest absolute Gasteiger partial charge is 0.377 e. The summed E-state index contributed by atoms with van der Waals surface area (Å²) in [5.74, 6) is 2.10. The van der Waals surface area contributed by atoms with Crippen molar-refractivity contribution in [2.24, 2.45) is 5.92 Å². The summed E-state index contributed by atoms with van der Waals surface area (Å²) in [5.41, 5.74) is 1.78. The molecule has 1 saturated carbocycles. The molecule has 8 heteroatoms. The third-order valence-corrected chi connectivity index (χ3v) is 6.24. The summed E-state index contributed by atoms with van der Waals surface area (Å²) in [4.78, 5) is 34.5. The average molecular weight is 390 g/mol. The average Bonchev–Trinajstić information content (AvgIpc) is 3.44. The van der Waals surface area contributed by atoms with E-state index in [4.69, 9.17) is 9.72 Å². The second-order valence-electron chi connectivity index (χ2n) is 8.38. The van der Waals surface area contributed by atoms with Gasteiger partial charge < -0.3 is 19.5 Å². The molecule has 2 aliphatic heterocycles. The number of amides is 1. The van der Waals surface area contributed by atoms with Gasteiger partial charge in [-0.1, -0.05) is 0 Å². The number of nitrogens with zero attached hydrogens (tertiary/aromatic N) is 5. The smallest absolute Gasteiger partial charge is 0.255 e. The van der Waals surface area contributed by atoms with Crippen LogP contribution in [0.5, 0.6) is 0 Å². The van der Waals surface area contributed by atoms with Gasteiger partial charge in [-0.05, 0) is 37.8 Å². The van der Waals surface area contributed by atoms with E-state index in [9.17, 15) is 4.79 Å². The van der Waals surface area contributed by atoms with E-state index in [1.807, 2.05) is 30.2 Å². The van der Waals surface area contributed by atoms with Crippen LogP contribution in [0.3, 0.4) is 0 Å². The highest BCUT2D eigenvalue weighted by Gasteiger charge is 2.51. The quantitative estimate of drug-likeness (QED) is 0.739. The Morgan fingerprint density at radius 3 is 3.07 bits per heavy atom. The molecule has 0 radical (unpaired) electrons. The van der Waals surface area contributed by atoms with Crippen LogP contribution in [0, 0.1) is 5.92 Å². The van der Waals surface area contributed by atoms with Crippen molar-refractivity contribution >= 4 is 28.4 Å². The van der Waals surface area contributed by atoms with E-state index >= 15 is 0 Å². The Bertz CT molecular complexity index is 1120. The van der Waals surface area contributed by atoms with Crippen LogP contribution in [0.25, 0.3) is 22.4 Å². The summed E-state index contributed by atoms with van der Waals surface area (Å²) < 4.78 is 5.70. The molecule has 8 nitrogen and oxygen atoms in total. The predicted octanol–water partition coefficient (Wildman–Crippen LogP) is 2.37. The molecule has 1 saturated heterocycles. The van der Waals surface area contributed by atoms with E-state index in [-0.39, 0.29) is 5.91 Å². The fraction of sp³-hybridized carbons (Fsp3) is 0.429. The molecule has 0 bridgehead atoms. The number of morpholine rings is 1. The first-order valence-electron chi connectivity index (χ1n) is 10.1. The van der Waals surface area contributed by atoms with Crippen LogP contribution in [-0.2, 0) is 9.53 Å². The topological polar surface area (TPSA) is 87.2 Å². The third kappa shape index (κ3) is 2.55. The number of carbonyl (C=O) groups excluding carboxylic acids is 1. The fourth-order valence-electron chi connectivity index (χ4n) is 4.36. The molecule has 0 unspecified atom stereocenters. The van der Waals surface area contributed by atoms with Gasteiger partial charge in [0.2, 0.25) is 0 Å². The van der Waals surface area contributed by atoms with Crippen LogP contribution in [0.15, 0.2) is 30.7 Å². The van der Waals surface area contributed by atoms with Crippen LogP contribution >= 0.6 is 0 Å². The minimum absolute atomic E-state index is 0.0864. The summed E-state index contributed by atoms with van der Waals surface area (Å²) in [5, 5.41) is 1.02. The van der Waals surface area contributed by atoms with Crippen molar-refractivity contribution in [1.82, 2.24) is 19.9 Å². The summed E-state index contributed by atoms with van der Waals surface area (Å²) in [6.45, 7) is 4.29. The third-order valence-electron chi connectivity index (χ3n) is 6.24. The minimum atomic E-state index is -0.728. The lowest BCUT2D eigenvalue weighted by Crippen LogP contribution is -2.67. The van der Waals surface area contributed by atoms with Gasteiger partial charge in [-0.15, -0.1) is 0 Å². The number of fused-ring (bicyclic) bond motifs is 4.